The molecule has 0 radical (unpaired) electrons. The fraction of sp³-hybridized carbons (Fsp3) is 0.444. The van der Waals surface area contributed by atoms with Gasteiger partial charge in [0.15, 0.2) is 0 Å². The van der Waals surface area contributed by atoms with Crippen LogP contribution in [-0.2, 0) is 4.79 Å². The van der Waals surface area contributed by atoms with Gasteiger partial charge >= 0.3 is 0 Å². The quantitative estimate of drug-likeness (QED) is 0.858. The minimum atomic E-state index is -0.135. The Morgan fingerprint density at radius 3 is 2.64 bits per heavy atom. The number of nitrogens with one attached hydrogen (secondary N) is 1. The Hall–Kier alpha value is -2.28. The van der Waals surface area contributed by atoms with E-state index in [0.29, 0.717) is 5.56 Å². The molecule has 1 N–H and O–H groups in total. The monoisotopic (exact) mass is 356 g/mol. The molecule has 2 fully saturated rings. The molecule has 2 aliphatic heterocycles. The lowest BCUT2D eigenvalue weighted by atomic mass is 9.81. The first-order valence-corrected chi connectivity index (χ1v) is 9.36. The van der Waals surface area contributed by atoms with Crippen LogP contribution in [0.2, 0.25) is 0 Å². The third-order valence-electron chi connectivity index (χ3n) is 5.24. The molecule has 2 bridgehead atoms. The molecule has 4 rings (SSSR count). The normalized spacial score (nSPS) is 25.6. The SMILES string of the molecule is C=CC(=O)NC1CC2CCCC(C1)N2C(=O)c1ccc2nsnc2c1. The van der Waals surface area contributed by atoms with Crippen molar-refractivity contribution in [3.05, 3.63) is 36.4 Å². The number of aromatic nitrogens is 2. The van der Waals surface area contributed by atoms with Gasteiger partial charge < -0.3 is 10.2 Å². The molecule has 2 amide bonds. The van der Waals surface area contributed by atoms with Crippen molar-refractivity contribution in [1.29, 1.82) is 0 Å². The molecule has 25 heavy (non-hydrogen) atoms. The summed E-state index contributed by atoms with van der Waals surface area (Å²) in [6.45, 7) is 3.51. The molecule has 1 aromatic heterocycles. The summed E-state index contributed by atoms with van der Waals surface area (Å²) in [4.78, 5) is 26.8. The number of carbonyl (C=O) groups is 2. The van der Waals surface area contributed by atoms with Gasteiger partial charge in [0, 0.05) is 23.7 Å². The molecule has 7 heteroatoms. The second-order valence-corrected chi connectivity index (χ2v) is 7.33. The number of benzene rings is 1. The average Bonchev–Trinajstić information content (AvgIpc) is 3.08. The smallest absolute Gasteiger partial charge is 0.254 e. The van der Waals surface area contributed by atoms with Gasteiger partial charge in [0.2, 0.25) is 5.91 Å². The number of amides is 2. The number of fused-ring (bicyclic) bond motifs is 3. The molecule has 130 valence electrons. The molecule has 0 spiro atoms. The van der Waals surface area contributed by atoms with Crippen molar-refractivity contribution in [3.8, 4) is 0 Å². The third kappa shape index (κ3) is 3.04. The summed E-state index contributed by atoms with van der Waals surface area (Å²) in [5.41, 5.74) is 2.27. The van der Waals surface area contributed by atoms with Gasteiger partial charge in [-0.05, 0) is 56.4 Å². The maximum atomic E-state index is 13.1. The highest BCUT2D eigenvalue weighted by Crippen LogP contribution is 2.35. The zero-order valence-corrected chi connectivity index (χ0v) is 14.7. The van der Waals surface area contributed by atoms with Gasteiger partial charge in [0.05, 0.1) is 11.7 Å². The highest BCUT2D eigenvalue weighted by atomic mass is 32.1. The summed E-state index contributed by atoms with van der Waals surface area (Å²) in [7, 11) is 0. The Labute approximate surface area is 150 Å². The van der Waals surface area contributed by atoms with Gasteiger partial charge in [-0.1, -0.05) is 6.58 Å². The average molecular weight is 356 g/mol. The minimum absolute atomic E-state index is 0.0677. The van der Waals surface area contributed by atoms with Gasteiger partial charge in [-0.3, -0.25) is 9.59 Å². The molecule has 0 saturated carbocycles. The van der Waals surface area contributed by atoms with Crippen LogP contribution in [0.1, 0.15) is 42.5 Å². The Balaban J connectivity index is 1.56. The molecule has 1 aromatic carbocycles. The van der Waals surface area contributed by atoms with Crippen molar-refractivity contribution in [2.45, 2.75) is 50.2 Å². The third-order valence-corrected chi connectivity index (χ3v) is 5.80. The molecule has 0 aliphatic carbocycles. The summed E-state index contributed by atoms with van der Waals surface area (Å²) in [5, 5.41) is 3.01. The van der Waals surface area contributed by atoms with Crippen LogP contribution < -0.4 is 5.32 Å². The predicted molar refractivity (Wildman–Crippen MR) is 96.4 cm³/mol. The number of hydrogen-bond donors (Lipinski definition) is 1. The second kappa shape index (κ2) is 6.55. The first-order valence-electron chi connectivity index (χ1n) is 8.63. The van der Waals surface area contributed by atoms with E-state index >= 15 is 0 Å². The zero-order chi connectivity index (χ0) is 17.4. The van der Waals surface area contributed by atoms with Gasteiger partial charge in [-0.15, -0.1) is 0 Å². The van der Waals surface area contributed by atoms with Crippen LogP contribution >= 0.6 is 11.7 Å². The molecule has 2 aliphatic rings. The van der Waals surface area contributed by atoms with Crippen LogP contribution in [0.15, 0.2) is 30.9 Å². The van der Waals surface area contributed by atoms with Crippen LogP contribution in [0.5, 0.6) is 0 Å². The van der Waals surface area contributed by atoms with E-state index in [1.807, 2.05) is 23.1 Å². The van der Waals surface area contributed by atoms with Crippen LogP contribution in [0.4, 0.5) is 0 Å². The summed E-state index contributed by atoms with van der Waals surface area (Å²) in [5.74, 6) is -0.0672. The molecule has 2 atom stereocenters. The van der Waals surface area contributed by atoms with Crippen molar-refractivity contribution >= 4 is 34.6 Å². The number of nitrogens with zero attached hydrogens (tertiary/aromatic N) is 3. The Bertz CT molecular complexity index is 819. The second-order valence-electron chi connectivity index (χ2n) is 6.80. The van der Waals surface area contributed by atoms with E-state index in [1.165, 1.54) is 6.08 Å². The lowest BCUT2D eigenvalue weighted by Gasteiger charge is -2.49. The van der Waals surface area contributed by atoms with Crippen LogP contribution in [0.3, 0.4) is 0 Å². The van der Waals surface area contributed by atoms with Gasteiger partial charge in [-0.2, -0.15) is 8.75 Å². The first kappa shape index (κ1) is 16.2. The van der Waals surface area contributed by atoms with Crippen LogP contribution in [0, 0.1) is 0 Å². The van der Waals surface area contributed by atoms with Crippen LogP contribution in [0.25, 0.3) is 11.0 Å². The number of hydrogen-bond acceptors (Lipinski definition) is 5. The number of rotatable bonds is 3. The summed E-state index contributed by atoms with van der Waals surface area (Å²) < 4.78 is 8.43. The molecular weight excluding hydrogens is 336 g/mol. The highest BCUT2D eigenvalue weighted by molar-refractivity contribution is 7.00. The molecule has 2 unspecified atom stereocenters. The Morgan fingerprint density at radius 2 is 1.92 bits per heavy atom. The molecule has 2 saturated heterocycles. The van der Waals surface area contributed by atoms with E-state index in [2.05, 4.69) is 20.6 Å². The predicted octanol–water partition coefficient (Wildman–Crippen LogP) is 2.52. The van der Waals surface area contributed by atoms with E-state index < -0.39 is 0 Å². The number of carbonyl (C=O) groups excluding carboxylic acids is 2. The minimum Gasteiger partial charge on any atom is -0.350 e. The fourth-order valence-electron chi connectivity index (χ4n) is 4.16. The van der Waals surface area contributed by atoms with Crippen molar-refractivity contribution in [3.63, 3.8) is 0 Å². The lowest BCUT2D eigenvalue weighted by Crippen LogP contribution is -2.58. The molecular formula is C18H20N4O2S. The zero-order valence-electron chi connectivity index (χ0n) is 13.9. The van der Waals surface area contributed by atoms with E-state index in [4.69, 9.17) is 0 Å². The van der Waals surface area contributed by atoms with Crippen molar-refractivity contribution in [1.82, 2.24) is 19.0 Å². The van der Waals surface area contributed by atoms with Crippen molar-refractivity contribution in [2.75, 3.05) is 0 Å². The van der Waals surface area contributed by atoms with Crippen molar-refractivity contribution < 1.29 is 9.59 Å². The Morgan fingerprint density at radius 1 is 1.20 bits per heavy atom. The van der Waals surface area contributed by atoms with Crippen LogP contribution in [-0.4, -0.2) is 43.6 Å². The van der Waals surface area contributed by atoms with Gasteiger partial charge in [-0.25, -0.2) is 0 Å². The lowest BCUT2D eigenvalue weighted by molar-refractivity contribution is -0.117. The van der Waals surface area contributed by atoms with Gasteiger partial charge in [0.25, 0.3) is 5.91 Å². The standard InChI is InChI=1S/C18H20N4O2S/c1-2-17(23)19-12-9-13-4-3-5-14(10-12)22(13)18(24)11-6-7-15-16(8-11)21-25-20-15/h2,6-8,12-14H,1,3-5,9-10H2,(H,19,23). The van der Waals surface area contributed by atoms with E-state index in [9.17, 15) is 9.59 Å². The van der Waals surface area contributed by atoms with Crippen molar-refractivity contribution in [2.24, 2.45) is 0 Å². The molecule has 2 aromatic rings. The fourth-order valence-corrected chi connectivity index (χ4v) is 4.67. The van der Waals surface area contributed by atoms with E-state index in [-0.39, 0.29) is 29.9 Å². The number of piperidine rings is 2. The first-order chi connectivity index (χ1) is 12.2. The maximum Gasteiger partial charge on any atom is 0.254 e. The largest absolute Gasteiger partial charge is 0.350 e. The maximum absolute atomic E-state index is 13.1. The molecule has 6 nitrogen and oxygen atoms in total. The summed E-state index contributed by atoms with van der Waals surface area (Å²) >= 11 is 1.16. The van der Waals surface area contributed by atoms with E-state index in [0.717, 1.165) is 54.9 Å². The highest BCUT2D eigenvalue weighted by Gasteiger charge is 2.41. The Kier molecular flexibility index (Phi) is 4.25. The topological polar surface area (TPSA) is 75.2 Å². The summed E-state index contributed by atoms with van der Waals surface area (Å²) in [6.07, 6.45) is 6.04. The van der Waals surface area contributed by atoms with E-state index in [1.54, 1.807) is 0 Å². The summed E-state index contributed by atoms with van der Waals surface area (Å²) in [6, 6.07) is 6.02. The van der Waals surface area contributed by atoms with Gasteiger partial charge in [0.1, 0.15) is 11.0 Å². The molecule has 3 heterocycles.